The van der Waals surface area contributed by atoms with E-state index in [9.17, 15) is 14.4 Å². The fraction of sp³-hybridized carbons (Fsp3) is 0.286. The van der Waals surface area contributed by atoms with Gasteiger partial charge in [0.1, 0.15) is 11.9 Å². The normalized spacial score (nSPS) is 17.7. The molecule has 1 atom stereocenters. The number of nitrogen functional groups attached to an aromatic ring is 1. The minimum absolute atomic E-state index is 0.0388. The lowest BCUT2D eigenvalue weighted by molar-refractivity contribution is -0.152. The van der Waals surface area contributed by atoms with Gasteiger partial charge in [-0.2, -0.15) is 0 Å². The average Bonchev–Trinajstić information content (AvgIpc) is 3.71. The van der Waals surface area contributed by atoms with Gasteiger partial charge in [-0.1, -0.05) is 42.5 Å². The lowest BCUT2D eigenvalue weighted by atomic mass is 10.0. The Bertz CT molecular complexity index is 1370. The molecule has 11 heteroatoms. The second kappa shape index (κ2) is 11.4. The number of rotatable bonds is 8. The Morgan fingerprint density at radius 3 is 2.36 bits per heavy atom. The molecule has 2 aromatic carbocycles. The van der Waals surface area contributed by atoms with Gasteiger partial charge in [-0.25, -0.2) is 0 Å². The predicted molar refractivity (Wildman–Crippen MR) is 146 cm³/mol. The first-order chi connectivity index (χ1) is 18.8. The summed E-state index contributed by atoms with van der Waals surface area (Å²) in [6, 6.07) is 17.9. The van der Waals surface area contributed by atoms with E-state index in [1.165, 1.54) is 16.2 Å². The van der Waals surface area contributed by atoms with E-state index < -0.39 is 17.7 Å². The fourth-order valence-electron chi connectivity index (χ4n) is 4.75. The van der Waals surface area contributed by atoms with Crippen LogP contribution in [0.15, 0.2) is 66.0 Å². The van der Waals surface area contributed by atoms with Crippen molar-refractivity contribution in [1.29, 1.82) is 5.41 Å². The van der Waals surface area contributed by atoms with Gasteiger partial charge in [0.15, 0.2) is 5.79 Å². The summed E-state index contributed by atoms with van der Waals surface area (Å²) in [6.45, 7) is 0.828. The maximum absolute atomic E-state index is 13.2. The molecule has 39 heavy (non-hydrogen) atoms. The Morgan fingerprint density at radius 1 is 1.00 bits per heavy atom. The first kappa shape index (κ1) is 26.5. The van der Waals surface area contributed by atoms with Crippen LogP contribution in [0.4, 0.5) is 0 Å². The van der Waals surface area contributed by atoms with Crippen molar-refractivity contribution in [3.05, 3.63) is 82.0 Å². The molecule has 5 N–H and O–H groups in total. The Kier molecular flexibility index (Phi) is 7.73. The number of carbonyl (C=O) groups is 3. The van der Waals surface area contributed by atoms with Gasteiger partial charge >= 0.3 is 0 Å². The van der Waals surface area contributed by atoms with Crippen LogP contribution in [0.25, 0.3) is 11.1 Å². The molecule has 2 aliphatic heterocycles. The van der Waals surface area contributed by atoms with Crippen molar-refractivity contribution in [1.82, 2.24) is 15.5 Å². The van der Waals surface area contributed by atoms with Crippen molar-refractivity contribution in [3.8, 4) is 11.1 Å². The van der Waals surface area contributed by atoms with Crippen LogP contribution in [-0.2, 0) is 25.6 Å². The zero-order valence-electron chi connectivity index (χ0n) is 21.1. The number of thiophene rings is 1. The minimum Gasteiger partial charge on any atom is -0.384 e. The lowest BCUT2D eigenvalue weighted by Gasteiger charge is -2.24. The SMILES string of the molecule is N=C(N)c1csc(CNC(=O)[C@@H]2CC3(CN2C(=O)CNC(=O)c2ccc(-c4ccccc4)cc2)OCCO3)c1. The van der Waals surface area contributed by atoms with E-state index in [0.717, 1.165) is 16.0 Å². The number of ether oxygens (including phenoxy) is 2. The van der Waals surface area contributed by atoms with Crippen molar-refractivity contribution < 1.29 is 23.9 Å². The monoisotopic (exact) mass is 547 g/mol. The Morgan fingerprint density at radius 2 is 1.69 bits per heavy atom. The first-order valence-corrected chi connectivity index (χ1v) is 13.4. The first-order valence-electron chi connectivity index (χ1n) is 12.5. The molecule has 3 aromatic rings. The third-order valence-corrected chi connectivity index (χ3v) is 7.72. The molecule has 10 nitrogen and oxygen atoms in total. The molecule has 2 aliphatic rings. The molecule has 3 amide bonds. The Hall–Kier alpha value is -4.06. The number of hydrogen-bond acceptors (Lipinski definition) is 7. The van der Waals surface area contributed by atoms with E-state index in [2.05, 4.69) is 10.6 Å². The number of hydrogen-bond donors (Lipinski definition) is 4. The van der Waals surface area contributed by atoms with Gasteiger partial charge in [0, 0.05) is 27.8 Å². The molecule has 0 bridgehead atoms. The smallest absolute Gasteiger partial charge is 0.251 e. The average molecular weight is 548 g/mol. The van der Waals surface area contributed by atoms with E-state index in [1.807, 2.05) is 42.5 Å². The van der Waals surface area contributed by atoms with Crippen LogP contribution < -0.4 is 16.4 Å². The highest BCUT2D eigenvalue weighted by Gasteiger charge is 2.52. The molecule has 0 unspecified atom stereocenters. The van der Waals surface area contributed by atoms with Gasteiger partial charge < -0.3 is 30.7 Å². The van der Waals surface area contributed by atoms with Crippen LogP contribution >= 0.6 is 11.3 Å². The summed E-state index contributed by atoms with van der Waals surface area (Å²) in [5.74, 6) is -2.21. The van der Waals surface area contributed by atoms with Gasteiger partial charge in [-0.05, 0) is 29.3 Å². The van der Waals surface area contributed by atoms with Crippen molar-refractivity contribution in [2.75, 3.05) is 26.3 Å². The highest BCUT2D eigenvalue weighted by molar-refractivity contribution is 7.10. The summed E-state index contributed by atoms with van der Waals surface area (Å²) in [5.41, 5.74) is 8.57. The highest BCUT2D eigenvalue weighted by atomic mass is 32.1. The molecule has 0 radical (unpaired) electrons. The van der Waals surface area contributed by atoms with Gasteiger partial charge in [-0.3, -0.25) is 19.8 Å². The quantitative estimate of drug-likeness (QED) is 0.251. The van der Waals surface area contributed by atoms with Crippen LogP contribution in [0.2, 0.25) is 0 Å². The van der Waals surface area contributed by atoms with Crippen LogP contribution in [0.5, 0.6) is 0 Å². The summed E-state index contributed by atoms with van der Waals surface area (Å²) < 4.78 is 11.6. The second-order valence-electron chi connectivity index (χ2n) is 9.41. The van der Waals surface area contributed by atoms with E-state index in [1.54, 1.807) is 23.6 Å². The molecule has 0 saturated carbocycles. The topological polar surface area (TPSA) is 147 Å². The van der Waals surface area contributed by atoms with E-state index >= 15 is 0 Å². The summed E-state index contributed by atoms with van der Waals surface area (Å²) in [6.07, 6.45) is 0.197. The molecule has 0 aliphatic carbocycles. The molecule has 5 rings (SSSR count). The number of nitrogens with zero attached hydrogens (tertiary/aromatic N) is 1. The molecule has 2 saturated heterocycles. The van der Waals surface area contributed by atoms with E-state index in [-0.39, 0.29) is 43.7 Å². The van der Waals surface area contributed by atoms with E-state index in [4.69, 9.17) is 20.6 Å². The van der Waals surface area contributed by atoms with Crippen LogP contribution in [-0.4, -0.2) is 66.6 Å². The maximum Gasteiger partial charge on any atom is 0.251 e. The number of amides is 3. The Balaban J connectivity index is 1.21. The number of nitrogens with one attached hydrogen (secondary N) is 3. The highest BCUT2D eigenvalue weighted by Crippen LogP contribution is 2.35. The second-order valence-corrected chi connectivity index (χ2v) is 10.4. The van der Waals surface area contributed by atoms with Gasteiger partial charge in [0.05, 0.1) is 32.8 Å². The number of carbonyl (C=O) groups excluding carboxylic acids is 3. The number of nitrogens with two attached hydrogens (primary N) is 1. The molecule has 202 valence electrons. The van der Waals surface area contributed by atoms with Gasteiger partial charge in [0.25, 0.3) is 5.91 Å². The van der Waals surface area contributed by atoms with Crippen molar-refractivity contribution >= 4 is 34.9 Å². The van der Waals surface area contributed by atoms with Gasteiger partial charge in [-0.15, -0.1) is 11.3 Å². The number of benzene rings is 2. The molecular weight excluding hydrogens is 518 g/mol. The summed E-state index contributed by atoms with van der Waals surface area (Å²) in [7, 11) is 0. The molecule has 1 spiro atoms. The molecular formula is C28H29N5O5S. The van der Waals surface area contributed by atoms with Crippen LogP contribution in [0, 0.1) is 5.41 Å². The summed E-state index contributed by atoms with van der Waals surface area (Å²) >= 11 is 1.38. The van der Waals surface area contributed by atoms with Crippen LogP contribution in [0.1, 0.15) is 27.2 Å². The zero-order chi connectivity index (χ0) is 27.4. The third kappa shape index (κ3) is 6.00. The summed E-state index contributed by atoms with van der Waals surface area (Å²) in [4.78, 5) is 41.4. The fourth-order valence-corrected chi connectivity index (χ4v) is 5.58. The standard InChI is InChI=1S/C28H29N5O5S/c29-25(30)21-12-22(39-16-21)14-31-27(36)23-13-28(37-10-11-38-28)17-33(23)24(34)15-32-26(35)20-8-6-19(7-9-20)18-4-2-1-3-5-18/h1-9,12,16,23H,10-11,13-15,17H2,(H3,29,30)(H,31,36)(H,32,35)/t23-/m0/s1. The van der Waals surface area contributed by atoms with Gasteiger partial charge in [0.2, 0.25) is 11.8 Å². The lowest BCUT2D eigenvalue weighted by Crippen LogP contribution is -2.49. The van der Waals surface area contributed by atoms with Crippen LogP contribution in [0.3, 0.4) is 0 Å². The third-order valence-electron chi connectivity index (χ3n) is 6.78. The maximum atomic E-state index is 13.2. The number of likely N-dealkylation sites (tertiary alicyclic amines) is 1. The van der Waals surface area contributed by atoms with Crippen molar-refractivity contribution in [2.24, 2.45) is 5.73 Å². The van der Waals surface area contributed by atoms with E-state index in [0.29, 0.717) is 24.3 Å². The zero-order valence-corrected chi connectivity index (χ0v) is 22.0. The minimum atomic E-state index is -1.03. The molecule has 1 aromatic heterocycles. The van der Waals surface area contributed by atoms with Crippen molar-refractivity contribution in [2.45, 2.75) is 24.8 Å². The molecule has 3 heterocycles. The van der Waals surface area contributed by atoms with Crippen molar-refractivity contribution in [3.63, 3.8) is 0 Å². The molecule has 2 fully saturated rings. The number of amidine groups is 1. The Labute approximate surface area is 229 Å². The summed E-state index contributed by atoms with van der Waals surface area (Å²) in [5, 5.41) is 14.8. The largest absolute Gasteiger partial charge is 0.384 e. The predicted octanol–water partition coefficient (Wildman–Crippen LogP) is 2.09.